The zero-order valence-electron chi connectivity index (χ0n) is 13.3. The number of benzene rings is 1. The second-order valence-electron chi connectivity index (χ2n) is 5.96. The van der Waals surface area contributed by atoms with Gasteiger partial charge in [-0.25, -0.2) is 0 Å². The summed E-state index contributed by atoms with van der Waals surface area (Å²) >= 11 is 0. The molecule has 2 amide bonds. The molecule has 21 heavy (non-hydrogen) atoms. The van der Waals surface area contributed by atoms with Crippen LogP contribution in [0.5, 0.6) is 0 Å². The maximum atomic E-state index is 12.9. The predicted molar refractivity (Wildman–Crippen MR) is 84.3 cm³/mol. The minimum Gasteiger partial charge on any atom is -0.344 e. The van der Waals surface area contributed by atoms with Crippen molar-refractivity contribution in [1.82, 2.24) is 5.32 Å². The van der Waals surface area contributed by atoms with E-state index < -0.39 is 6.04 Å². The molecule has 0 aromatic heterocycles. The average Bonchev–Trinajstić information content (AvgIpc) is 2.60. The van der Waals surface area contributed by atoms with Crippen molar-refractivity contribution in [2.45, 2.75) is 46.6 Å². The SMILES string of the molecule is CCC(C)C1NC(=O)CCN(c2cc(C)ccc2C)C1=O. The van der Waals surface area contributed by atoms with E-state index in [9.17, 15) is 9.59 Å². The monoisotopic (exact) mass is 288 g/mol. The molecule has 1 fully saturated rings. The molecule has 0 spiro atoms. The van der Waals surface area contributed by atoms with Crippen LogP contribution in [-0.2, 0) is 9.59 Å². The van der Waals surface area contributed by atoms with Crippen LogP contribution in [0.25, 0.3) is 0 Å². The molecule has 2 unspecified atom stereocenters. The molecule has 0 saturated carbocycles. The summed E-state index contributed by atoms with van der Waals surface area (Å²) in [6, 6.07) is 5.66. The molecule has 1 N–H and O–H groups in total. The third kappa shape index (κ3) is 3.26. The molecule has 0 aliphatic carbocycles. The number of aryl methyl sites for hydroxylation is 2. The highest BCUT2D eigenvalue weighted by Gasteiger charge is 2.34. The summed E-state index contributed by atoms with van der Waals surface area (Å²) in [6.07, 6.45) is 1.21. The van der Waals surface area contributed by atoms with Gasteiger partial charge in [-0.2, -0.15) is 0 Å². The first kappa shape index (κ1) is 15.5. The molecule has 1 heterocycles. The Hall–Kier alpha value is -1.84. The molecule has 2 atom stereocenters. The van der Waals surface area contributed by atoms with Gasteiger partial charge in [0.2, 0.25) is 11.8 Å². The zero-order valence-corrected chi connectivity index (χ0v) is 13.3. The van der Waals surface area contributed by atoms with E-state index in [-0.39, 0.29) is 17.7 Å². The maximum Gasteiger partial charge on any atom is 0.249 e. The second-order valence-corrected chi connectivity index (χ2v) is 5.96. The highest BCUT2D eigenvalue weighted by Crippen LogP contribution is 2.25. The van der Waals surface area contributed by atoms with E-state index in [4.69, 9.17) is 0 Å². The van der Waals surface area contributed by atoms with Crippen LogP contribution in [0.2, 0.25) is 0 Å². The van der Waals surface area contributed by atoms with Crippen molar-refractivity contribution in [3.8, 4) is 0 Å². The highest BCUT2D eigenvalue weighted by molar-refractivity contribution is 6.02. The number of hydrogen-bond acceptors (Lipinski definition) is 2. The van der Waals surface area contributed by atoms with Crippen LogP contribution >= 0.6 is 0 Å². The van der Waals surface area contributed by atoms with E-state index in [2.05, 4.69) is 5.32 Å². The third-order valence-electron chi connectivity index (χ3n) is 4.28. The molecule has 2 rings (SSSR count). The van der Waals surface area contributed by atoms with Crippen molar-refractivity contribution in [2.24, 2.45) is 5.92 Å². The average molecular weight is 288 g/mol. The Balaban J connectivity index is 2.39. The highest BCUT2D eigenvalue weighted by atomic mass is 16.2. The fourth-order valence-electron chi connectivity index (χ4n) is 2.67. The van der Waals surface area contributed by atoms with Crippen LogP contribution in [0.15, 0.2) is 18.2 Å². The van der Waals surface area contributed by atoms with Crippen molar-refractivity contribution in [2.75, 3.05) is 11.4 Å². The van der Waals surface area contributed by atoms with Gasteiger partial charge in [0.05, 0.1) is 0 Å². The van der Waals surface area contributed by atoms with Gasteiger partial charge >= 0.3 is 0 Å². The number of amides is 2. The standard InChI is InChI=1S/C17H24N2O2/c1-5-12(3)16-17(21)19(9-8-15(20)18-16)14-10-11(2)6-7-13(14)4/h6-7,10,12,16H,5,8-9H2,1-4H3,(H,18,20). The fourth-order valence-corrected chi connectivity index (χ4v) is 2.67. The Morgan fingerprint density at radius 1 is 1.33 bits per heavy atom. The third-order valence-corrected chi connectivity index (χ3v) is 4.28. The summed E-state index contributed by atoms with van der Waals surface area (Å²) < 4.78 is 0. The van der Waals surface area contributed by atoms with E-state index in [0.717, 1.165) is 23.2 Å². The minimum atomic E-state index is -0.426. The lowest BCUT2D eigenvalue weighted by atomic mass is 9.97. The van der Waals surface area contributed by atoms with Gasteiger partial charge in [0.1, 0.15) is 6.04 Å². The molecule has 0 bridgehead atoms. The quantitative estimate of drug-likeness (QED) is 0.929. The van der Waals surface area contributed by atoms with Crippen LogP contribution in [0.4, 0.5) is 5.69 Å². The zero-order chi connectivity index (χ0) is 15.6. The van der Waals surface area contributed by atoms with Gasteiger partial charge in [-0.3, -0.25) is 9.59 Å². The van der Waals surface area contributed by atoms with Gasteiger partial charge in [-0.15, -0.1) is 0 Å². The first-order valence-corrected chi connectivity index (χ1v) is 7.62. The predicted octanol–water partition coefficient (Wildman–Crippen LogP) is 2.57. The van der Waals surface area contributed by atoms with E-state index >= 15 is 0 Å². The lowest BCUT2D eigenvalue weighted by molar-refractivity contribution is -0.126. The van der Waals surface area contributed by atoms with Crippen molar-refractivity contribution in [3.05, 3.63) is 29.3 Å². The minimum absolute atomic E-state index is 0.00361. The van der Waals surface area contributed by atoms with Crippen molar-refractivity contribution < 1.29 is 9.59 Å². The van der Waals surface area contributed by atoms with E-state index in [1.807, 2.05) is 45.9 Å². The van der Waals surface area contributed by atoms with Crippen LogP contribution < -0.4 is 10.2 Å². The lowest BCUT2D eigenvalue weighted by Gasteiger charge is -2.28. The Morgan fingerprint density at radius 3 is 2.71 bits per heavy atom. The summed E-state index contributed by atoms with van der Waals surface area (Å²) in [7, 11) is 0. The molecule has 1 aliphatic rings. The van der Waals surface area contributed by atoms with Gasteiger partial charge in [0.15, 0.2) is 0 Å². The van der Waals surface area contributed by atoms with Crippen LogP contribution in [0.3, 0.4) is 0 Å². The topological polar surface area (TPSA) is 49.4 Å². The molecule has 114 valence electrons. The molecule has 4 nitrogen and oxygen atoms in total. The number of carbonyl (C=O) groups excluding carboxylic acids is 2. The van der Waals surface area contributed by atoms with Gasteiger partial charge in [-0.05, 0) is 37.0 Å². The van der Waals surface area contributed by atoms with Crippen LogP contribution in [0, 0.1) is 19.8 Å². The summed E-state index contributed by atoms with van der Waals surface area (Å²) in [5, 5.41) is 2.88. The van der Waals surface area contributed by atoms with Gasteiger partial charge in [0, 0.05) is 18.7 Å². The second kappa shape index (κ2) is 6.29. The van der Waals surface area contributed by atoms with Gasteiger partial charge in [-0.1, -0.05) is 32.4 Å². The van der Waals surface area contributed by atoms with E-state index in [0.29, 0.717) is 13.0 Å². The largest absolute Gasteiger partial charge is 0.344 e. The number of carbonyl (C=O) groups is 2. The van der Waals surface area contributed by atoms with Crippen LogP contribution in [-0.4, -0.2) is 24.4 Å². The van der Waals surface area contributed by atoms with Crippen molar-refractivity contribution in [1.29, 1.82) is 0 Å². The first-order chi connectivity index (χ1) is 9.93. The molecule has 4 heteroatoms. The number of hydrogen-bond donors (Lipinski definition) is 1. The fraction of sp³-hybridized carbons (Fsp3) is 0.529. The summed E-state index contributed by atoms with van der Waals surface area (Å²) in [6.45, 7) is 8.51. The Morgan fingerprint density at radius 2 is 2.05 bits per heavy atom. The summed E-state index contributed by atoms with van der Waals surface area (Å²) in [4.78, 5) is 26.5. The Labute approximate surface area is 126 Å². The number of nitrogens with one attached hydrogen (secondary N) is 1. The van der Waals surface area contributed by atoms with E-state index in [1.54, 1.807) is 4.90 Å². The maximum absolute atomic E-state index is 12.9. The van der Waals surface area contributed by atoms with Crippen LogP contribution in [0.1, 0.15) is 37.8 Å². The summed E-state index contributed by atoms with van der Waals surface area (Å²) in [5.41, 5.74) is 3.10. The Kier molecular flexibility index (Phi) is 4.66. The molecule has 1 aliphatic heterocycles. The van der Waals surface area contributed by atoms with Crippen molar-refractivity contribution in [3.63, 3.8) is 0 Å². The molecular weight excluding hydrogens is 264 g/mol. The lowest BCUT2D eigenvalue weighted by Crippen LogP contribution is -2.48. The number of anilines is 1. The van der Waals surface area contributed by atoms with Crippen molar-refractivity contribution >= 4 is 17.5 Å². The van der Waals surface area contributed by atoms with E-state index in [1.165, 1.54) is 0 Å². The number of nitrogens with zero attached hydrogens (tertiary/aromatic N) is 1. The molecule has 0 radical (unpaired) electrons. The molecule has 1 aromatic carbocycles. The Bertz CT molecular complexity index is 554. The smallest absolute Gasteiger partial charge is 0.249 e. The van der Waals surface area contributed by atoms with Gasteiger partial charge < -0.3 is 10.2 Å². The molecular formula is C17H24N2O2. The van der Waals surface area contributed by atoms with Gasteiger partial charge in [0.25, 0.3) is 0 Å². The molecule has 1 saturated heterocycles. The molecule has 1 aromatic rings. The first-order valence-electron chi connectivity index (χ1n) is 7.62. The number of rotatable bonds is 3. The summed E-state index contributed by atoms with van der Waals surface area (Å²) in [5.74, 6) is 0.0949. The normalized spacial score (nSPS) is 21.0.